The third-order valence-electron chi connectivity index (χ3n) is 4.91. The molecule has 0 aliphatic heterocycles. The van der Waals surface area contributed by atoms with E-state index in [1.165, 1.54) is 27.4 Å². The summed E-state index contributed by atoms with van der Waals surface area (Å²) in [6.07, 6.45) is 0. The second-order valence-electron chi connectivity index (χ2n) is 6.55. The number of hydrogen-bond donors (Lipinski definition) is 1. The minimum atomic E-state index is 0.778. The summed E-state index contributed by atoms with van der Waals surface area (Å²) in [6, 6.07) is 33.8. The van der Waals surface area contributed by atoms with Crippen LogP contribution in [0.2, 0.25) is 0 Å². The predicted octanol–water partition coefficient (Wildman–Crippen LogP) is 6.03. The number of nitrogens with two attached hydrogens (primary N) is 1. The molecule has 0 radical (unpaired) electrons. The topological polar surface area (TPSA) is 30.9 Å². The van der Waals surface area contributed by atoms with E-state index in [-0.39, 0.29) is 0 Å². The Morgan fingerprint density at radius 1 is 0.538 bits per heavy atom. The lowest BCUT2D eigenvalue weighted by atomic mass is 10.0. The molecule has 0 unspecified atom stereocenters. The van der Waals surface area contributed by atoms with E-state index in [9.17, 15) is 0 Å². The van der Waals surface area contributed by atoms with E-state index in [0.29, 0.717) is 0 Å². The van der Waals surface area contributed by atoms with Gasteiger partial charge < -0.3 is 10.3 Å². The Morgan fingerprint density at radius 3 is 2.04 bits per heavy atom. The van der Waals surface area contributed by atoms with Gasteiger partial charge in [-0.25, -0.2) is 0 Å². The summed E-state index contributed by atoms with van der Waals surface area (Å²) in [5, 5.41) is 2.46. The number of anilines is 1. The fourth-order valence-corrected chi connectivity index (χ4v) is 3.70. The van der Waals surface area contributed by atoms with Crippen molar-refractivity contribution >= 4 is 27.5 Å². The predicted molar refractivity (Wildman–Crippen MR) is 111 cm³/mol. The molecule has 0 saturated carbocycles. The summed E-state index contributed by atoms with van der Waals surface area (Å²) >= 11 is 0. The van der Waals surface area contributed by atoms with Crippen LogP contribution in [0.5, 0.6) is 0 Å². The lowest BCUT2D eigenvalue weighted by Crippen LogP contribution is -1.94. The number of fused-ring (bicyclic) bond motifs is 3. The van der Waals surface area contributed by atoms with Gasteiger partial charge in [0.15, 0.2) is 0 Å². The normalized spacial score (nSPS) is 11.2. The molecule has 0 spiro atoms. The Bertz CT molecular complexity index is 1220. The van der Waals surface area contributed by atoms with Crippen LogP contribution >= 0.6 is 0 Å². The Labute approximate surface area is 152 Å². The maximum atomic E-state index is 6.10. The molecule has 2 heteroatoms. The third-order valence-corrected chi connectivity index (χ3v) is 4.91. The molecule has 1 aromatic heterocycles. The van der Waals surface area contributed by atoms with Crippen LogP contribution in [0, 0.1) is 0 Å². The van der Waals surface area contributed by atoms with Gasteiger partial charge in [-0.1, -0.05) is 60.7 Å². The van der Waals surface area contributed by atoms with Crippen molar-refractivity contribution in [1.29, 1.82) is 0 Å². The Kier molecular flexibility index (Phi) is 3.29. The van der Waals surface area contributed by atoms with Crippen LogP contribution in [0.4, 0.5) is 5.69 Å². The molecule has 4 aromatic carbocycles. The first kappa shape index (κ1) is 14.8. The second kappa shape index (κ2) is 5.78. The van der Waals surface area contributed by atoms with Crippen molar-refractivity contribution in [3.05, 3.63) is 97.1 Å². The van der Waals surface area contributed by atoms with E-state index in [0.717, 1.165) is 16.9 Å². The molecule has 0 fully saturated rings. The van der Waals surface area contributed by atoms with Crippen LogP contribution in [-0.4, -0.2) is 4.57 Å². The van der Waals surface area contributed by atoms with Crippen LogP contribution < -0.4 is 5.73 Å². The summed E-state index contributed by atoms with van der Waals surface area (Å²) in [5.74, 6) is 0. The van der Waals surface area contributed by atoms with Crippen molar-refractivity contribution in [2.24, 2.45) is 0 Å². The fraction of sp³-hybridized carbons (Fsp3) is 0. The Hall–Kier alpha value is -3.52. The number of rotatable bonds is 2. The second-order valence-corrected chi connectivity index (χ2v) is 6.55. The highest BCUT2D eigenvalue weighted by Gasteiger charge is 2.13. The smallest absolute Gasteiger partial charge is 0.0561 e. The molecule has 0 amide bonds. The van der Waals surface area contributed by atoms with Gasteiger partial charge in [0.25, 0.3) is 0 Å². The third kappa shape index (κ3) is 2.27. The monoisotopic (exact) mass is 334 g/mol. The molecule has 2 N–H and O–H groups in total. The molecule has 0 bridgehead atoms. The first-order valence-corrected chi connectivity index (χ1v) is 8.76. The Morgan fingerprint density at radius 2 is 1.27 bits per heavy atom. The van der Waals surface area contributed by atoms with Gasteiger partial charge in [0.05, 0.1) is 11.0 Å². The first-order valence-electron chi connectivity index (χ1n) is 8.76. The van der Waals surface area contributed by atoms with Crippen LogP contribution in [0.1, 0.15) is 0 Å². The molecule has 0 aliphatic carbocycles. The van der Waals surface area contributed by atoms with Gasteiger partial charge in [-0.2, -0.15) is 0 Å². The number of para-hydroxylation sites is 1. The number of nitrogen functional groups attached to an aromatic ring is 1. The zero-order valence-electron chi connectivity index (χ0n) is 14.3. The van der Waals surface area contributed by atoms with Crippen molar-refractivity contribution in [2.45, 2.75) is 0 Å². The lowest BCUT2D eigenvalue weighted by Gasteiger charge is -2.08. The maximum Gasteiger partial charge on any atom is 0.0561 e. The summed E-state index contributed by atoms with van der Waals surface area (Å²) in [7, 11) is 0. The lowest BCUT2D eigenvalue weighted by molar-refractivity contribution is 1.18. The van der Waals surface area contributed by atoms with Gasteiger partial charge in [0, 0.05) is 22.1 Å². The van der Waals surface area contributed by atoms with Crippen LogP contribution in [0.15, 0.2) is 97.1 Å². The van der Waals surface area contributed by atoms with E-state index >= 15 is 0 Å². The molecule has 2 nitrogen and oxygen atoms in total. The molecule has 124 valence electrons. The largest absolute Gasteiger partial charge is 0.399 e. The molecule has 5 rings (SSSR count). The minimum Gasteiger partial charge on any atom is -0.399 e. The number of nitrogens with zero attached hydrogens (tertiary/aromatic N) is 1. The van der Waals surface area contributed by atoms with Crippen molar-refractivity contribution in [3.63, 3.8) is 0 Å². The van der Waals surface area contributed by atoms with Gasteiger partial charge in [-0.15, -0.1) is 0 Å². The van der Waals surface area contributed by atoms with Gasteiger partial charge in [0.2, 0.25) is 0 Å². The average molecular weight is 334 g/mol. The van der Waals surface area contributed by atoms with Gasteiger partial charge in [-0.05, 0) is 47.5 Å². The highest BCUT2D eigenvalue weighted by Crippen LogP contribution is 2.35. The molecule has 5 aromatic rings. The number of benzene rings is 4. The van der Waals surface area contributed by atoms with E-state index in [1.807, 2.05) is 18.2 Å². The molecular formula is C24H18N2. The van der Waals surface area contributed by atoms with Gasteiger partial charge in [-0.3, -0.25) is 0 Å². The first-order chi connectivity index (χ1) is 12.8. The van der Waals surface area contributed by atoms with Crippen molar-refractivity contribution < 1.29 is 0 Å². The molecule has 0 saturated heterocycles. The highest BCUT2D eigenvalue weighted by molar-refractivity contribution is 6.11. The van der Waals surface area contributed by atoms with E-state index in [2.05, 4.69) is 83.4 Å². The molecule has 26 heavy (non-hydrogen) atoms. The molecule has 0 aliphatic rings. The average Bonchev–Trinajstić information content (AvgIpc) is 3.02. The summed E-state index contributed by atoms with van der Waals surface area (Å²) in [5.41, 5.74) is 12.8. The number of aromatic nitrogens is 1. The zero-order chi connectivity index (χ0) is 17.5. The standard InChI is InChI=1S/C24H18N2/c25-19-12-13-21-22-15-18(17-7-3-1-4-8-17)11-14-23(22)26(24(21)16-19)20-9-5-2-6-10-20/h1-16H,25H2. The Balaban J connectivity index is 1.87. The van der Waals surface area contributed by atoms with E-state index in [4.69, 9.17) is 5.73 Å². The minimum absolute atomic E-state index is 0.778. The zero-order valence-corrected chi connectivity index (χ0v) is 14.3. The van der Waals surface area contributed by atoms with Crippen molar-refractivity contribution in [1.82, 2.24) is 4.57 Å². The van der Waals surface area contributed by atoms with Crippen LogP contribution in [0.25, 0.3) is 38.6 Å². The maximum absolute atomic E-state index is 6.10. The van der Waals surface area contributed by atoms with E-state index in [1.54, 1.807) is 0 Å². The quantitative estimate of drug-likeness (QED) is 0.392. The molecule has 0 atom stereocenters. The van der Waals surface area contributed by atoms with Gasteiger partial charge in [0.1, 0.15) is 0 Å². The fourth-order valence-electron chi connectivity index (χ4n) is 3.70. The SMILES string of the molecule is Nc1ccc2c3cc(-c4ccccc4)ccc3n(-c3ccccc3)c2c1. The van der Waals surface area contributed by atoms with Crippen molar-refractivity contribution in [2.75, 3.05) is 5.73 Å². The molecule has 1 heterocycles. The van der Waals surface area contributed by atoms with Gasteiger partial charge >= 0.3 is 0 Å². The number of hydrogen-bond acceptors (Lipinski definition) is 1. The van der Waals surface area contributed by atoms with Crippen molar-refractivity contribution in [3.8, 4) is 16.8 Å². The summed E-state index contributed by atoms with van der Waals surface area (Å²) < 4.78 is 2.29. The van der Waals surface area contributed by atoms with E-state index < -0.39 is 0 Å². The highest BCUT2D eigenvalue weighted by atomic mass is 15.0. The molecular weight excluding hydrogens is 316 g/mol. The summed E-state index contributed by atoms with van der Waals surface area (Å²) in [4.78, 5) is 0. The van der Waals surface area contributed by atoms with Crippen LogP contribution in [-0.2, 0) is 0 Å². The van der Waals surface area contributed by atoms with Crippen LogP contribution in [0.3, 0.4) is 0 Å². The summed E-state index contributed by atoms with van der Waals surface area (Å²) in [6.45, 7) is 0.